The first kappa shape index (κ1) is 15.1. The molecule has 6 heteroatoms. The lowest BCUT2D eigenvalue weighted by atomic mass is 9.99. The van der Waals surface area contributed by atoms with Gasteiger partial charge in [-0.25, -0.2) is 4.39 Å². The van der Waals surface area contributed by atoms with Gasteiger partial charge in [-0.05, 0) is 36.6 Å². The standard InChI is InChI=1S/C18H19FN4O/c19-16-4-2-1-3-15(16)17-7-6-14(24-17)10-20-9-13-5-8-18-22-21-12-23(18)11-13/h1-4,6-7,12-13,20H,5,8-11H2/t13-/m1/s1. The zero-order chi connectivity index (χ0) is 16.4. The highest BCUT2D eigenvalue weighted by Gasteiger charge is 2.19. The predicted molar refractivity (Wildman–Crippen MR) is 87.6 cm³/mol. The molecule has 0 amide bonds. The molecule has 1 atom stereocenters. The third-order valence-electron chi connectivity index (χ3n) is 4.46. The first-order valence-corrected chi connectivity index (χ1v) is 8.20. The number of hydrogen-bond donors (Lipinski definition) is 1. The summed E-state index contributed by atoms with van der Waals surface area (Å²) in [7, 11) is 0. The topological polar surface area (TPSA) is 55.9 Å². The summed E-state index contributed by atoms with van der Waals surface area (Å²) in [6, 6.07) is 10.4. The number of hydrogen-bond acceptors (Lipinski definition) is 4. The molecule has 0 bridgehead atoms. The summed E-state index contributed by atoms with van der Waals surface area (Å²) in [5.41, 5.74) is 0.496. The van der Waals surface area contributed by atoms with Crippen LogP contribution < -0.4 is 5.32 Å². The van der Waals surface area contributed by atoms with Gasteiger partial charge in [0.2, 0.25) is 0 Å². The number of nitrogens with zero attached hydrogens (tertiary/aromatic N) is 3. The number of nitrogens with one attached hydrogen (secondary N) is 1. The fourth-order valence-electron chi connectivity index (χ4n) is 3.17. The number of furan rings is 1. The van der Waals surface area contributed by atoms with Gasteiger partial charge in [0.25, 0.3) is 0 Å². The Hall–Kier alpha value is -2.47. The second-order valence-corrected chi connectivity index (χ2v) is 6.18. The molecule has 2 aromatic heterocycles. The molecular formula is C18H19FN4O. The largest absolute Gasteiger partial charge is 0.460 e. The van der Waals surface area contributed by atoms with E-state index in [4.69, 9.17) is 4.42 Å². The van der Waals surface area contributed by atoms with E-state index in [9.17, 15) is 4.39 Å². The average Bonchev–Trinajstić information content (AvgIpc) is 3.24. The third-order valence-corrected chi connectivity index (χ3v) is 4.46. The molecule has 4 rings (SSSR count). The van der Waals surface area contributed by atoms with Crippen LogP contribution in [-0.4, -0.2) is 21.3 Å². The van der Waals surface area contributed by atoms with Crippen LogP contribution in [0, 0.1) is 11.7 Å². The first-order chi connectivity index (χ1) is 11.8. The fraction of sp³-hybridized carbons (Fsp3) is 0.333. The number of aryl methyl sites for hydroxylation is 1. The maximum Gasteiger partial charge on any atom is 0.137 e. The van der Waals surface area contributed by atoms with E-state index in [1.54, 1.807) is 24.5 Å². The van der Waals surface area contributed by atoms with Crippen molar-refractivity contribution in [3.63, 3.8) is 0 Å². The van der Waals surface area contributed by atoms with Gasteiger partial charge in [-0.15, -0.1) is 10.2 Å². The Bertz CT molecular complexity index is 826. The molecule has 5 nitrogen and oxygen atoms in total. The van der Waals surface area contributed by atoms with E-state index in [2.05, 4.69) is 20.1 Å². The van der Waals surface area contributed by atoms with Crippen molar-refractivity contribution in [2.75, 3.05) is 6.54 Å². The van der Waals surface area contributed by atoms with Crippen LogP contribution in [0.2, 0.25) is 0 Å². The van der Waals surface area contributed by atoms with Crippen LogP contribution >= 0.6 is 0 Å². The van der Waals surface area contributed by atoms with Gasteiger partial charge in [0.05, 0.1) is 12.1 Å². The molecule has 1 aromatic carbocycles. The smallest absolute Gasteiger partial charge is 0.137 e. The Kier molecular flexibility index (Phi) is 4.13. The summed E-state index contributed by atoms with van der Waals surface area (Å²) < 4.78 is 21.7. The highest BCUT2D eigenvalue weighted by molar-refractivity contribution is 5.58. The van der Waals surface area contributed by atoms with E-state index in [0.29, 0.717) is 23.8 Å². The number of rotatable bonds is 5. The lowest BCUT2D eigenvalue weighted by Crippen LogP contribution is -2.29. The van der Waals surface area contributed by atoms with Crippen molar-refractivity contribution in [1.29, 1.82) is 0 Å². The molecule has 0 unspecified atom stereocenters. The molecule has 124 valence electrons. The van der Waals surface area contributed by atoms with E-state index in [0.717, 1.165) is 37.5 Å². The van der Waals surface area contributed by atoms with E-state index in [-0.39, 0.29) is 5.82 Å². The van der Waals surface area contributed by atoms with E-state index in [1.165, 1.54) is 6.07 Å². The SMILES string of the molecule is Fc1ccccc1-c1ccc(CNC[C@H]2CCc3nncn3C2)o1. The molecule has 1 N–H and O–H groups in total. The molecular weight excluding hydrogens is 307 g/mol. The third kappa shape index (κ3) is 3.10. The van der Waals surface area contributed by atoms with Crippen LogP contribution in [0.4, 0.5) is 4.39 Å². The van der Waals surface area contributed by atoms with Crippen molar-refractivity contribution in [3.05, 3.63) is 60.1 Å². The summed E-state index contributed by atoms with van der Waals surface area (Å²) in [5, 5.41) is 11.5. The van der Waals surface area contributed by atoms with Crippen LogP contribution in [0.15, 0.2) is 47.1 Å². The molecule has 0 fully saturated rings. The maximum absolute atomic E-state index is 13.8. The number of fused-ring (bicyclic) bond motifs is 1. The van der Waals surface area contributed by atoms with Crippen molar-refractivity contribution in [3.8, 4) is 11.3 Å². The van der Waals surface area contributed by atoms with Crippen LogP contribution in [-0.2, 0) is 19.5 Å². The number of aromatic nitrogens is 3. The van der Waals surface area contributed by atoms with Crippen LogP contribution in [0.5, 0.6) is 0 Å². The molecule has 1 aliphatic rings. The quantitative estimate of drug-likeness (QED) is 0.783. The van der Waals surface area contributed by atoms with E-state index < -0.39 is 0 Å². The molecule has 0 saturated carbocycles. The van der Waals surface area contributed by atoms with Gasteiger partial charge in [-0.3, -0.25) is 0 Å². The minimum atomic E-state index is -0.265. The molecule has 0 spiro atoms. The Labute approximate surface area is 139 Å². The van der Waals surface area contributed by atoms with Crippen molar-refractivity contribution >= 4 is 0 Å². The normalized spacial score (nSPS) is 17.0. The lowest BCUT2D eigenvalue weighted by molar-refractivity contribution is 0.342. The van der Waals surface area contributed by atoms with Gasteiger partial charge in [0, 0.05) is 19.5 Å². The molecule has 0 saturated heterocycles. The van der Waals surface area contributed by atoms with Crippen molar-refractivity contribution in [2.45, 2.75) is 25.9 Å². The van der Waals surface area contributed by atoms with Gasteiger partial charge in [-0.1, -0.05) is 12.1 Å². The Morgan fingerprint density at radius 3 is 3.08 bits per heavy atom. The van der Waals surface area contributed by atoms with Gasteiger partial charge in [0.15, 0.2) is 0 Å². The Morgan fingerprint density at radius 2 is 2.17 bits per heavy atom. The Balaban J connectivity index is 1.32. The molecule has 24 heavy (non-hydrogen) atoms. The summed E-state index contributed by atoms with van der Waals surface area (Å²) in [4.78, 5) is 0. The zero-order valence-electron chi connectivity index (χ0n) is 13.3. The minimum absolute atomic E-state index is 0.265. The molecule has 0 aliphatic carbocycles. The molecule has 0 radical (unpaired) electrons. The van der Waals surface area contributed by atoms with Gasteiger partial charge in [-0.2, -0.15) is 0 Å². The maximum atomic E-state index is 13.8. The molecule has 3 aromatic rings. The van der Waals surface area contributed by atoms with Crippen LogP contribution in [0.25, 0.3) is 11.3 Å². The molecule has 3 heterocycles. The summed E-state index contributed by atoms with van der Waals surface area (Å²) in [6.07, 6.45) is 3.89. The average molecular weight is 326 g/mol. The fourth-order valence-corrected chi connectivity index (χ4v) is 3.17. The predicted octanol–water partition coefficient (Wildman–Crippen LogP) is 3.03. The Morgan fingerprint density at radius 1 is 1.25 bits per heavy atom. The van der Waals surface area contributed by atoms with Crippen LogP contribution in [0.1, 0.15) is 18.0 Å². The second-order valence-electron chi connectivity index (χ2n) is 6.18. The lowest BCUT2D eigenvalue weighted by Gasteiger charge is -2.23. The minimum Gasteiger partial charge on any atom is -0.460 e. The van der Waals surface area contributed by atoms with Crippen molar-refractivity contribution in [1.82, 2.24) is 20.1 Å². The van der Waals surface area contributed by atoms with Crippen molar-refractivity contribution < 1.29 is 8.81 Å². The van der Waals surface area contributed by atoms with E-state index >= 15 is 0 Å². The highest BCUT2D eigenvalue weighted by atomic mass is 19.1. The van der Waals surface area contributed by atoms with Crippen LogP contribution in [0.3, 0.4) is 0 Å². The van der Waals surface area contributed by atoms with Gasteiger partial charge >= 0.3 is 0 Å². The first-order valence-electron chi connectivity index (χ1n) is 8.20. The van der Waals surface area contributed by atoms with Gasteiger partial charge < -0.3 is 14.3 Å². The summed E-state index contributed by atoms with van der Waals surface area (Å²) in [6.45, 7) is 2.50. The summed E-state index contributed by atoms with van der Waals surface area (Å²) >= 11 is 0. The van der Waals surface area contributed by atoms with Gasteiger partial charge in [0.1, 0.15) is 29.5 Å². The summed E-state index contributed by atoms with van der Waals surface area (Å²) in [5.74, 6) is 2.75. The van der Waals surface area contributed by atoms with E-state index in [1.807, 2.05) is 12.1 Å². The van der Waals surface area contributed by atoms with Crippen molar-refractivity contribution in [2.24, 2.45) is 5.92 Å². The number of benzene rings is 1. The highest BCUT2D eigenvalue weighted by Crippen LogP contribution is 2.24. The molecule has 1 aliphatic heterocycles. The second kappa shape index (κ2) is 6.57. The number of halogens is 1. The zero-order valence-corrected chi connectivity index (χ0v) is 13.3. The monoisotopic (exact) mass is 326 g/mol.